The molecule has 0 aliphatic carbocycles. The molecule has 0 aromatic heterocycles. The first-order chi connectivity index (χ1) is 13.0. The summed E-state index contributed by atoms with van der Waals surface area (Å²) in [6.07, 6.45) is 0.954. The highest BCUT2D eigenvalue weighted by Crippen LogP contribution is 2.30. The number of rotatable bonds is 8. The number of nitrogens with one attached hydrogen (secondary N) is 2. The molecule has 0 amide bonds. The molecule has 1 atom stereocenters. The average molecular weight is 427 g/mol. The van der Waals surface area contributed by atoms with Gasteiger partial charge in [-0.1, -0.05) is 24.3 Å². The molecule has 1 unspecified atom stereocenters. The van der Waals surface area contributed by atoms with Crippen LogP contribution in [0.4, 0.5) is 0 Å². The zero-order chi connectivity index (χ0) is 19.3. The lowest BCUT2D eigenvalue weighted by Gasteiger charge is -2.27. The van der Waals surface area contributed by atoms with Gasteiger partial charge in [-0.05, 0) is 50.1 Å². The Balaban J connectivity index is 0.00000280. The van der Waals surface area contributed by atoms with Crippen LogP contribution in [0.15, 0.2) is 47.4 Å². The Morgan fingerprint density at radius 2 is 1.79 bits per heavy atom. The summed E-state index contributed by atoms with van der Waals surface area (Å²) in [5, 5.41) is 3.39. The number of benzene rings is 2. The van der Waals surface area contributed by atoms with Crippen molar-refractivity contribution in [1.82, 2.24) is 10.0 Å². The van der Waals surface area contributed by atoms with Crippen LogP contribution in [0.5, 0.6) is 11.5 Å². The SMILES string of the molecule is CCOc1ccc(S(=O)(=O)NCC2NCCc3ccccc32)cc1OCC.Cl. The molecule has 1 aliphatic rings. The lowest BCUT2D eigenvalue weighted by atomic mass is 9.95. The molecular weight excluding hydrogens is 400 g/mol. The molecule has 1 heterocycles. The average Bonchev–Trinajstić information content (AvgIpc) is 2.68. The normalized spacial score (nSPS) is 16.0. The second kappa shape index (κ2) is 10.1. The molecule has 3 rings (SSSR count). The first kappa shape index (κ1) is 22.5. The van der Waals surface area contributed by atoms with Crippen molar-refractivity contribution >= 4 is 22.4 Å². The molecule has 1 aliphatic heterocycles. The maximum atomic E-state index is 12.8. The molecule has 6 nitrogen and oxygen atoms in total. The van der Waals surface area contributed by atoms with E-state index in [1.54, 1.807) is 6.07 Å². The van der Waals surface area contributed by atoms with Gasteiger partial charge in [0.25, 0.3) is 0 Å². The number of ether oxygens (including phenoxy) is 2. The number of sulfonamides is 1. The fourth-order valence-electron chi connectivity index (χ4n) is 3.25. The van der Waals surface area contributed by atoms with E-state index in [1.165, 1.54) is 17.7 Å². The van der Waals surface area contributed by atoms with Crippen molar-refractivity contribution in [3.63, 3.8) is 0 Å². The summed E-state index contributed by atoms with van der Waals surface area (Å²) in [6, 6.07) is 12.8. The van der Waals surface area contributed by atoms with Crippen LogP contribution in [0.2, 0.25) is 0 Å². The summed E-state index contributed by atoms with van der Waals surface area (Å²) in [4.78, 5) is 0.165. The molecule has 154 valence electrons. The zero-order valence-corrected chi connectivity index (χ0v) is 17.7. The molecule has 0 saturated heterocycles. The predicted octanol–water partition coefficient (Wildman–Crippen LogP) is 3.07. The Hall–Kier alpha value is -1.80. The lowest BCUT2D eigenvalue weighted by molar-refractivity contribution is 0.287. The van der Waals surface area contributed by atoms with Gasteiger partial charge in [-0.25, -0.2) is 13.1 Å². The summed E-state index contributed by atoms with van der Waals surface area (Å²) < 4.78 is 39.3. The van der Waals surface area contributed by atoms with Crippen molar-refractivity contribution in [3.8, 4) is 11.5 Å². The number of hydrogen-bond donors (Lipinski definition) is 2. The minimum atomic E-state index is -3.66. The van der Waals surface area contributed by atoms with Gasteiger partial charge >= 0.3 is 0 Å². The van der Waals surface area contributed by atoms with Gasteiger partial charge in [-0.2, -0.15) is 0 Å². The summed E-state index contributed by atoms with van der Waals surface area (Å²) >= 11 is 0. The van der Waals surface area contributed by atoms with Gasteiger partial charge in [-0.3, -0.25) is 0 Å². The third-order valence-electron chi connectivity index (χ3n) is 4.52. The highest BCUT2D eigenvalue weighted by molar-refractivity contribution is 7.89. The molecule has 0 bridgehead atoms. The molecule has 2 N–H and O–H groups in total. The van der Waals surface area contributed by atoms with Crippen molar-refractivity contribution in [2.24, 2.45) is 0 Å². The topological polar surface area (TPSA) is 76.7 Å². The van der Waals surface area contributed by atoms with Crippen molar-refractivity contribution < 1.29 is 17.9 Å². The number of fused-ring (bicyclic) bond motifs is 1. The highest BCUT2D eigenvalue weighted by Gasteiger charge is 2.23. The van der Waals surface area contributed by atoms with Gasteiger partial charge in [0.1, 0.15) is 0 Å². The molecule has 28 heavy (non-hydrogen) atoms. The van der Waals surface area contributed by atoms with Gasteiger partial charge in [0.2, 0.25) is 10.0 Å². The van der Waals surface area contributed by atoms with Crippen LogP contribution in [0.1, 0.15) is 31.0 Å². The van der Waals surface area contributed by atoms with Crippen molar-refractivity contribution in [3.05, 3.63) is 53.6 Å². The van der Waals surface area contributed by atoms with Crippen LogP contribution in [0, 0.1) is 0 Å². The summed E-state index contributed by atoms with van der Waals surface area (Å²) in [5.74, 6) is 0.976. The van der Waals surface area contributed by atoms with Gasteiger partial charge in [0, 0.05) is 18.7 Å². The maximum absolute atomic E-state index is 12.8. The number of hydrogen-bond acceptors (Lipinski definition) is 5. The van der Waals surface area contributed by atoms with E-state index in [9.17, 15) is 8.42 Å². The molecule has 2 aromatic rings. The third kappa shape index (κ3) is 5.17. The van der Waals surface area contributed by atoms with Crippen molar-refractivity contribution in [2.75, 3.05) is 26.3 Å². The van der Waals surface area contributed by atoms with Gasteiger partial charge in [-0.15, -0.1) is 12.4 Å². The van der Waals surface area contributed by atoms with E-state index in [2.05, 4.69) is 16.1 Å². The van der Waals surface area contributed by atoms with Gasteiger partial charge in [0.15, 0.2) is 11.5 Å². The monoisotopic (exact) mass is 426 g/mol. The maximum Gasteiger partial charge on any atom is 0.240 e. The van der Waals surface area contributed by atoms with Crippen LogP contribution in [-0.2, 0) is 16.4 Å². The van der Waals surface area contributed by atoms with Crippen molar-refractivity contribution in [2.45, 2.75) is 31.2 Å². The van der Waals surface area contributed by atoms with E-state index >= 15 is 0 Å². The Morgan fingerprint density at radius 3 is 2.54 bits per heavy atom. The number of halogens is 1. The van der Waals surface area contributed by atoms with Crippen molar-refractivity contribution in [1.29, 1.82) is 0 Å². The first-order valence-electron chi connectivity index (χ1n) is 9.25. The minimum Gasteiger partial charge on any atom is -0.490 e. The Kier molecular flexibility index (Phi) is 8.12. The third-order valence-corrected chi connectivity index (χ3v) is 5.94. The fourth-order valence-corrected chi connectivity index (χ4v) is 4.31. The standard InChI is InChI=1S/C20H26N2O4S.ClH/c1-3-25-19-10-9-16(13-20(19)26-4-2)27(23,24)22-14-18-17-8-6-5-7-15(17)11-12-21-18;/h5-10,13,18,21-22H,3-4,11-12,14H2,1-2H3;1H. The summed E-state index contributed by atoms with van der Waals surface area (Å²) in [7, 11) is -3.66. The van der Waals surface area contributed by atoms with E-state index in [4.69, 9.17) is 9.47 Å². The van der Waals surface area contributed by atoms with Gasteiger partial charge in [0.05, 0.1) is 18.1 Å². The highest BCUT2D eigenvalue weighted by atomic mass is 35.5. The summed E-state index contributed by atoms with van der Waals surface area (Å²) in [5.41, 5.74) is 2.41. The molecular formula is C20H27ClN2O4S. The van der Waals surface area contributed by atoms with Gasteiger partial charge < -0.3 is 14.8 Å². The Labute approximate surface area is 173 Å². The largest absolute Gasteiger partial charge is 0.490 e. The Morgan fingerprint density at radius 1 is 1.07 bits per heavy atom. The molecule has 0 saturated carbocycles. The molecule has 0 spiro atoms. The molecule has 0 radical (unpaired) electrons. The molecule has 8 heteroatoms. The van der Waals surface area contributed by atoms with E-state index in [-0.39, 0.29) is 29.9 Å². The van der Waals surface area contributed by atoms with E-state index in [0.29, 0.717) is 24.7 Å². The van der Waals surface area contributed by atoms with Crippen LogP contribution in [0.25, 0.3) is 0 Å². The van der Waals surface area contributed by atoms with Crippen LogP contribution >= 0.6 is 12.4 Å². The van der Waals surface area contributed by atoms with Crippen LogP contribution < -0.4 is 19.5 Å². The molecule has 2 aromatic carbocycles. The van der Waals surface area contributed by atoms with Crippen LogP contribution in [-0.4, -0.2) is 34.7 Å². The zero-order valence-electron chi connectivity index (χ0n) is 16.1. The Bertz CT molecular complexity index is 890. The van der Waals surface area contributed by atoms with Crippen LogP contribution in [0.3, 0.4) is 0 Å². The lowest BCUT2D eigenvalue weighted by Crippen LogP contribution is -2.38. The molecule has 0 fully saturated rings. The first-order valence-corrected chi connectivity index (χ1v) is 10.7. The van der Waals surface area contributed by atoms with E-state index < -0.39 is 10.0 Å². The predicted molar refractivity (Wildman–Crippen MR) is 112 cm³/mol. The summed E-state index contributed by atoms with van der Waals surface area (Å²) in [6.45, 7) is 5.76. The minimum absolute atomic E-state index is 0. The van der Waals surface area contributed by atoms with E-state index in [1.807, 2.05) is 32.0 Å². The smallest absolute Gasteiger partial charge is 0.240 e. The van der Waals surface area contributed by atoms with E-state index in [0.717, 1.165) is 18.5 Å². The fraction of sp³-hybridized carbons (Fsp3) is 0.400. The second-order valence-corrected chi connectivity index (χ2v) is 8.05. The quantitative estimate of drug-likeness (QED) is 0.678. The second-order valence-electron chi connectivity index (χ2n) is 6.28.